The first-order chi connectivity index (χ1) is 17.0. The molecule has 0 aromatic carbocycles. The predicted molar refractivity (Wildman–Crippen MR) is 130 cm³/mol. The van der Waals surface area contributed by atoms with Crippen LogP contribution in [0.15, 0.2) is 6.07 Å². The standard InChI is InChI=1S/C24H38N6O6/c1-14(2)11-20(32)25-10-8-21(33)30-18(7-6-9-26-30)23(34)27-22(15(3)4)19(31)13-36-24(35)17-12-16(5)28-29-17/h12,14-15,18,22,26H,6-11,13H2,1-5H3,(H,25,32)(H,27,34)(H,28,29)/t18-,22-/m0/s1. The maximum atomic E-state index is 13.1. The van der Waals surface area contributed by atoms with Crippen molar-refractivity contribution in [3.05, 3.63) is 17.5 Å². The second-order valence-corrected chi connectivity index (χ2v) is 9.74. The molecule has 36 heavy (non-hydrogen) atoms. The summed E-state index contributed by atoms with van der Waals surface area (Å²) in [7, 11) is 0. The number of H-pyrrole nitrogens is 1. The molecule has 1 aromatic rings. The maximum Gasteiger partial charge on any atom is 0.359 e. The van der Waals surface area contributed by atoms with Crippen molar-refractivity contribution in [2.24, 2.45) is 11.8 Å². The van der Waals surface area contributed by atoms with Gasteiger partial charge in [0.1, 0.15) is 6.04 Å². The molecule has 2 heterocycles. The highest BCUT2D eigenvalue weighted by atomic mass is 16.5. The van der Waals surface area contributed by atoms with Gasteiger partial charge in [-0.05, 0) is 37.7 Å². The van der Waals surface area contributed by atoms with Crippen molar-refractivity contribution >= 4 is 29.5 Å². The van der Waals surface area contributed by atoms with Gasteiger partial charge in [0.25, 0.3) is 0 Å². The second-order valence-electron chi connectivity index (χ2n) is 9.74. The fourth-order valence-electron chi connectivity index (χ4n) is 3.81. The van der Waals surface area contributed by atoms with Gasteiger partial charge < -0.3 is 15.4 Å². The molecule has 1 fully saturated rings. The van der Waals surface area contributed by atoms with Crippen molar-refractivity contribution in [2.75, 3.05) is 19.7 Å². The highest BCUT2D eigenvalue weighted by molar-refractivity contribution is 5.95. The van der Waals surface area contributed by atoms with E-state index >= 15 is 0 Å². The number of hydrogen-bond donors (Lipinski definition) is 4. The third-order valence-electron chi connectivity index (χ3n) is 5.65. The van der Waals surface area contributed by atoms with E-state index in [2.05, 4.69) is 26.3 Å². The number of hydrogen-bond acceptors (Lipinski definition) is 8. The van der Waals surface area contributed by atoms with Crippen LogP contribution in [-0.2, 0) is 23.9 Å². The smallest absolute Gasteiger partial charge is 0.359 e. The number of rotatable bonds is 12. The van der Waals surface area contributed by atoms with Crippen molar-refractivity contribution in [3.63, 3.8) is 0 Å². The maximum absolute atomic E-state index is 13.1. The average molecular weight is 507 g/mol. The Hall–Kier alpha value is -3.28. The third kappa shape index (κ3) is 8.74. The Bertz CT molecular complexity index is 943. The highest BCUT2D eigenvalue weighted by Crippen LogP contribution is 2.14. The lowest BCUT2D eigenvalue weighted by Crippen LogP contribution is -2.61. The molecule has 1 aliphatic rings. The first-order valence-corrected chi connectivity index (χ1v) is 12.3. The van der Waals surface area contributed by atoms with Crippen LogP contribution in [0.3, 0.4) is 0 Å². The van der Waals surface area contributed by atoms with E-state index in [4.69, 9.17) is 4.74 Å². The number of hydrazine groups is 1. The Labute approximate surface area is 211 Å². The number of nitrogens with one attached hydrogen (secondary N) is 4. The van der Waals surface area contributed by atoms with E-state index in [0.29, 0.717) is 31.5 Å². The molecule has 2 atom stereocenters. The lowest BCUT2D eigenvalue weighted by molar-refractivity contribution is -0.147. The molecule has 3 amide bonds. The van der Waals surface area contributed by atoms with Crippen LogP contribution in [0.5, 0.6) is 0 Å². The molecular weight excluding hydrogens is 468 g/mol. The fraction of sp³-hybridized carbons (Fsp3) is 0.667. The number of aromatic amines is 1. The van der Waals surface area contributed by atoms with Gasteiger partial charge in [-0.2, -0.15) is 5.10 Å². The SMILES string of the molecule is Cc1cc(C(=O)OCC(=O)[C@@H](NC(=O)[C@@H]2CCCNN2C(=O)CCNC(=O)CC(C)C)C(C)C)n[nH]1. The number of nitrogens with zero attached hydrogens (tertiary/aromatic N) is 2. The molecule has 12 nitrogen and oxygen atoms in total. The zero-order valence-electron chi connectivity index (χ0n) is 21.7. The van der Waals surface area contributed by atoms with Gasteiger partial charge in [0.15, 0.2) is 18.1 Å². The van der Waals surface area contributed by atoms with E-state index < -0.39 is 36.4 Å². The summed E-state index contributed by atoms with van der Waals surface area (Å²) in [6.45, 7) is 9.32. The predicted octanol–water partition coefficient (Wildman–Crippen LogP) is 0.633. The Kier molecular flexibility index (Phi) is 11.0. The fourth-order valence-corrected chi connectivity index (χ4v) is 3.81. The average Bonchev–Trinajstić information content (AvgIpc) is 3.26. The summed E-state index contributed by atoms with van der Waals surface area (Å²) in [5.74, 6) is -2.18. The van der Waals surface area contributed by atoms with Crippen LogP contribution in [0.1, 0.15) is 69.6 Å². The summed E-state index contributed by atoms with van der Waals surface area (Å²) in [5, 5.41) is 13.2. The molecule has 0 radical (unpaired) electrons. The van der Waals surface area contributed by atoms with Crippen LogP contribution in [-0.4, -0.2) is 76.5 Å². The lowest BCUT2D eigenvalue weighted by Gasteiger charge is -2.36. The summed E-state index contributed by atoms with van der Waals surface area (Å²) in [4.78, 5) is 62.6. The molecule has 1 saturated heterocycles. The molecule has 1 aliphatic heterocycles. The van der Waals surface area contributed by atoms with Gasteiger partial charge in [-0.3, -0.25) is 29.3 Å². The number of amides is 3. The summed E-state index contributed by atoms with van der Waals surface area (Å²) >= 11 is 0. The normalized spacial score (nSPS) is 16.5. The minimum Gasteiger partial charge on any atom is -0.453 e. The zero-order valence-corrected chi connectivity index (χ0v) is 21.7. The number of aromatic nitrogens is 2. The number of esters is 1. The lowest BCUT2D eigenvalue weighted by atomic mass is 9.98. The number of carbonyl (C=O) groups is 5. The molecule has 200 valence electrons. The van der Waals surface area contributed by atoms with Gasteiger partial charge in [0.05, 0.1) is 6.04 Å². The number of carbonyl (C=O) groups excluding carboxylic acids is 5. The molecule has 2 rings (SSSR count). The number of ketones is 1. The molecule has 0 unspecified atom stereocenters. The summed E-state index contributed by atoms with van der Waals surface area (Å²) < 4.78 is 5.07. The van der Waals surface area contributed by atoms with Crippen LogP contribution in [0.2, 0.25) is 0 Å². The van der Waals surface area contributed by atoms with Gasteiger partial charge in [0, 0.05) is 31.6 Å². The van der Waals surface area contributed by atoms with E-state index in [1.165, 1.54) is 11.1 Å². The first kappa shape index (κ1) is 29.0. The number of Topliss-reactive ketones (excluding diaryl/α,β-unsaturated/α-hetero) is 1. The van der Waals surface area contributed by atoms with Crippen molar-refractivity contribution in [1.29, 1.82) is 0 Å². The molecule has 4 N–H and O–H groups in total. The van der Waals surface area contributed by atoms with Gasteiger partial charge in [-0.15, -0.1) is 0 Å². The van der Waals surface area contributed by atoms with Gasteiger partial charge in [-0.1, -0.05) is 27.7 Å². The summed E-state index contributed by atoms with van der Waals surface area (Å²) in [5.41, 5.74) is 3.70. The second kappa shape index (κ2) is 13.7. The summed E-state index contributed by atoms with van der Waals surface area (Å²) in [6, 6.07) is -0.201. The van der Waals surface area contributed by atoms with E-state index in [0.717, 1.165) is 0 Å². The molecule has 0 bridgehead atoms. The van der Waals surface area contributed by atoms with E-state index in [-0.39, 0.29) is 42.3 Å². The quantitative estimate of drug-likeness (QED) is 0.300. The molecule has 0 aliphatic carbocycles. The Morgan fingerprint density at radius 3 is 2.53 bits per heavy atom. The highest BCUT2D eigenvalue weighted by Gasteiger charge is 2.35. The topological polar surface area (TPSA) is 163 Å². The Morgan fingerprint density at radius 1 is 1.19 bits per heavy atom. The van der Waals surface area contributed by atoms with Crippen LogP contribution < -0.4 is 16.1 Å². The molecule has 0 saturated carbocycles. The minimum atomic E-state index is -0.902. The van der Waals surface area contributed by atoms with Crippen LogP contribution in [0, 0.1) is 18.8 Å². The van der Waals surface area contributed by atoms with Crippen molar-refractivity contribution < 1.29 is 28.7 Å². The van der Waals surface area contributed by atoms with E-state index in [1.54, 1.807) is 20.8 Å². The first-order valence-electron chi connectivity index (χ1n) is 12.3. The molecular formula is C24H38N6O6. The van der Waals surface area contributed by atoms with Gasteiger partial charge >= 0.3 is 5.97 Å². The molecule has 1 aromatic heterocycles. The van der Waals surface area contributed by atoms with Crippen LogP contribution in [0.25, 0.3) is 0 Å². The van der Waals surface area contributed by atoms with Crippen molar-refractivity contribution in [3.8, 4) is 0 Å². The summed E-state index contributed by atoms with van der Waals surface area (Å²) in [6.07, 6.45) is 1.52. The van der Waals surface area contributed by atoms with Crippen LogP contribution in [0.4, 0.5) is 0 Å². The number of aryl methyl sites for hydroxylation is 1. The van der Waals surface area contributed by atoms with E-state index in [9.17, 15) is 24.0 Å². The Morgan fingerprint density at radius 2 is 1.92 bits per heavy atom. The molecule has 0 spiro atoms. The minimum absolute atomic E-state index is 0.0375. The largest absolute Gasteiger partial charge is 0.453 e. The monoisotopic (exact) mass is 506 g/mol. The number of ether oxygens (including phenoxy) is 1. The van der Waals surface area contributed by atoms with Crippen molar-refractivity contribution in [2.45, 2.75) is 72.4 Å². The van der Waals surface area contributed by atoms with Gasteiger partial charge in [0.2, 0.25) is 17.7 Å². The third-order valence-corrected chi connectivity index (χ3v) is 5.65. The molecule has 12 heteroatoms. The van der Waals surface area contributed by atoms with E-state index in [1.807, 2.05) is 13.8 Å². The van der Waals surface area contributed by atoms with Gasteiger partial charge in [-0.25, -0.2) is 10.2 Å². The Balaban J connectivity index is 1.93. The van der Waals surface area contributed by atoms with Crippen molar-refractivity contribution in [1.82, 2.24) is 31.3 Å². The zero-order chi connectivity index (χ0) is 26.8. The van der Waals surface area contributed by atoms with Crippen LogP contribution >= 0.6 is 0 Å².